The summed E-state index contributed by atoms with van der Waals surface area (Å²) in [4.78, 5) is 13.9. The van der Waals surface area contributed by atoms with E-state index in [9.17, 15) is 13.2 Å². The van der Waals surface area contributed by atoms with Crippen molar-refractivity contribution in [1.29, 1.82) is 0 Å². The molecular weight excluding hydrogens is 456 g/mol. The number of hydrogen-bond donors (Lipinski definition) is 1. The number of sulfonamides is 1. The number of carbonyl (C=O) groups excluding carboxylic acids is 1. The molecule has 33 heavy (non-hydrogen) atoms. The molecule has 1 aliphatic rings. The van der Waals surface area contributed by atoms with E-state index in [2.05, 4.69) is 11.4 Å². The second-order valence-electron chi connectivity index (χ2n) is 7.86. The third-order valence-electron chi connectivity index (χ3n) is 5.54. The average Bonchev–Trinajstić information content (AvgIpc) is 2.83. The number of nitrogens with one attached hydrogen (secondary N) is 1. The van der Waals surface area contributed by atoms with Crippen LogP contribution in [0.15, 0.2) is 82.6 Å². The molecule has 0 saturated carbocycles. The summed E-state index contributed by atoms with van der Waals surface area (Å²) in [5.41, 5.74) is 2.64. The molecule has 0 bridgehead atoms. The molecule has 0 aromatic heterocycles. The zero-order valence-corrected chi connectivity index (χ0v) is 20.2. The first-order chi connectivity index (χ1) is 15.8. The topological polar surface area (TPSA) is 75.7 Å². The summed E-state index contributed by atoms with van der Waals surface area (Å²) in [6.07, 6.45) is 0.879. The van der Waals surface area contributed by atoms with Crippen molar-refractivity contribution in [2.75, 3.05) is 23.7 Å². The molecule has 1 aliphatic heterocycles. The number of hydrogen-bond acceptors (Lipinski definition) is 5. The first-order valence-electron chi connectivity index (χ1n) is 10.6. The molecule has 0 spiro atoms. The van der Waals surface area contributed by atoms with E-state index >= 15 is 0 Å². The second kappa shape index (κ2) is 9.89. The minimum atomic E-state index is -3.66. The highest BCUT2D eigenvalue weighted by atomic mass is 32.2. The fourth-order valence-electron chi connectivity index (χ4n) is 3.64. The van der Waals surface area contributed by atoms with Crippen LogP contribution in [0.1, 0.15) is 23.6 Å². The van der Waals surface area contributed by atoms with E-state index in [0.29, 0.717) is 11.4 Å². The van der Waals surface area contributed by atoms with E-state index in [0.717, 1.165) is 23.3 Å². The van der Waals surface area contributed by atoms with Gasteiger partial charge in [-0.3, -0.25) is 9.10 Å². The Morgan fingerprint density at radius 3 is 2.48 bits per heavy atom. The molecule has 0 fully saturated rings. The van der Waals surface area contributed by atoms with Crippen LogP contribution < -0.4 is 14.4 Å². The van der Waals surface area contributed by atoms with Crippen LogP contribution in [0.4, 0.5) is 5.69 Å². The van der Waals surface area contributed by atoms with Gasteiger partial charge in [0.2, 0.25) is 0 Å². The van der Waals surface area contributed by atoms with Gasteiger partial charge >= 0.3 is 0 Å². The molecular formula is C25H26N2O4S2. The largest absolute Gasteiger partial charge is 0.484 e. The highest BCUT2D eigenvalue weighted by Crippen LogP contribution is 2.35. The van der Waals surface area contributed by atoms with Crippen LogP contribution >= 0.6 is 11.8 Å². The van der Waals surface area contributed by atoms with Crippen molar-refractivity contribution in [3.05, 3.63) is 83.9 Å². The number of nitrogens with zero attached hydrogens (tertiary/aromatic N) is 1. The average molecular weight is 483 g/mol. The number of thioether (sulfide) groups is 1. The smallest absolute Gasteiger partial charge is 0.264 e. The number of anilines is 1. The number of aryl methyl sites for hydroxylation is 1. The Bertz CT molecular complexity index is 1230. The highest BCUT2D eigenvalue weighted by Gasteiger charge is 2.23. The van der Waals surface area contributed by atoms with Gasteiger partial charge in [0.25, 0.3) is 15.9 Å². The van der Waals surface area contributed by atoms with Crippen LogP contribution in [0.2, 0.25) is 0 Å². The van der Waals surface area contributed by atoms with Crippen molar-refractivity contribution in [3.8, 4) is 5.75 Å². The van der Waals surface area contributed by atoms with Gasteiger partial charge < -0.3 is 10.1 Å². The van der Waals surface area contributed by atoms with Crippen molar-refractivity contribution in [3.63, 3.8) is 0 Å². The fourth-order valence-corrected chi connectivity index (χ4v) is 5.96. The quantitative estimate of drug-likeness (QED) is 0.535. The van der Waals surface area contributed by atoms with E-state index in [1.165, 1.54) is 16.2 Å². The standard InChI is InChI=1S/C25H26N2O4S2/c1-18-7-13-21(14-8-18)33(29,30)27(2)19-9-11-20(12-10-19)31-17-25(28)26-23-15-16-32-24-6-4-3-5-22(23)24/h3-14,23H,15-17H2,1-2H3,(H,26,28)/t23-/m0/s1. The van der Waals surface area contributed by atoms with Gasteiger partial charge in [-0.15, -0.1) is 11.8 Å². The molecule has 0 saturated heterocycles. The minimum Gasteiger partial charge on any atom is -0.484 e. The van der Waals surface area contributed by atoms with E-state index < -0.39 is 10.0 Å². The highest BCUT2D eigenvalue weighted by molar-refractivity contribution is 7.99. The van der Waals surface area contributed by atoms with Gasteiger partial charge in [-0.1, -0.05) is 35.9 Å². The summed E-state index contributed by atoms with van der Waals surface area (Å²) < 4.78 is 32.6. The predicted molar refractivity (Wildman–Crippen MR) is 131 cm³/mol. The molecule has 3 aromatic rings. The predicted octanol–water partition coefficient (Wildman–Crippen LogP) is 4.55. The Balaban J connectivity index is 1.35. The number of fused-ring (bicyclic) bond motifs is 1. The first-order valence-corrected chi connectivity index (χ1v) is 13.1. The SMILES string of the molecule is Cc1ccc(S(=O)(=O)N(C)c2ccc(OCC(=O)N[C@H]3CCSc4ccccc43)cc2)cc1. The van der Waals surface area contributed by atoms with Crippen molar-refractivity contribution in [2.24, 2.45) is 0 Å². The van der Waals surface area contributed by atoms with Crippen LogP contribution in [0.3, 0.4) is 0 Å². The van der Waals surface area contributed by atoms with Crippen molar-refractivity contribution in [1.82, 2.24) is 5.32 Å². The Morgan fingerprint density at radius 2 is 1.76 bits per heavy atom. The number of benzene rings is 3. The maximum absolute atomic E-state index is 12.9. The summed E-state index contributed by atoms with van der Waals surface area (Å²) in [6, 6.07) is 21.5. The second-order valence-corrected chi connectivity index (χ2v) is 11.0. The van der Waals surface area contributed by atoms with Crippen molar-refractivity contribution < 1.29 is 17.9 Å². The molecule has 1 heterocycles. The third-order valence-corrected chi connectivity index (χ3v) is 8.47. The lowest BCUT2D eigenvalue weighted by atomic mass is 10.0. The summed E-state index contributed by atoms with van der Waals surface area (Å²) in [6.45, 7) is 1.80. The summed E-state index contributed by atoms with van der Waals surface area (Å²) >= 11 is 1.80. The number of amides is 1. The maximum Gasteiger partial charge on any atom is 0.264 e. The molecule has 6 nitrogen and oxygen atoms in total. The number of carbonyl (C=O) groups is 1. The third kappa shape index (κ3) is 5.34. The van der Waals surface area contributed by atoms with Gasteiger partial charge in [-0.25, -0.2) is 8.42 Å². The lowest BCUT2D eigenvalue weighted by Gasteiger charge is -2.25. The molecule has 0 aliphatic carbocycles. The molecule has 0 radical (unpaired) electrons. The summed E-state index contributed by atoms with van der Waals surface area (Å²) in [5.74, 6) is 1.27. The van der Waals surface area contributed by atoms with Gasteiger partial charge in [0.1, 0.15) is 5.75 Å². The van der Waals surface area contributed by atoms with Crippen LogP contribution in [-0.4, -0.2) is 33.7 Å². The molecule has 1 atom stereocenters. The van der Waals surface area contributed by atoms with Gasteiger partial charge in [0.05, 0.1) is 16.6 Å². The fraction of sp³-hybridized carbons (Fsp3) is 0.240. The zero-order valence-electron chi connectivity index (χ0n) is 18.5. The van der Waals surface area contributed by atoms with Crippen LogP contribution in [0, 0.1) is 6.92 Å². The lowest BCUT2D eigenvalue weighted by Crippen LogP contribution is -2.34. The van der Waals surface area contributed by atoms with E-state index in [1.54, 1.807) is 60.3 Å². The Kier molecular flexibility index (Phi) is 6.95. The van der Waals surface area contributed by atoms with Crippen molar-refractivity contribution >= 4 is 33.4 Å². The number of rotatable bonds is 7. The van der Waals surface area contributed by atoms with Crippen LogP contribution in [0.25, 0.3) is 0 Å². The van der Waals surface area contributed by atoms with Crippen LogP contribution in [-0.2, 0) is 14.8 Å². The van der Waals surface area contributed by atoms with Gasteiger partial charge in [0.15, 0.2) is 6.61 Å². The van der Waals surface area contributed by atoms with Gasteiger partial charge in [-0.2, -0.15) is 0 Å². The monoisotopic (exact) mass is 482 g/mol. The van der Waals surface area contributed by atoms with E-state index in [1.807, 2.05) is 25.1 Å². The lowest BCUT2D eigenvalue weighted by molar-refractivity contribution is -0.123. The molecule has 8 heteroatoms. The molecule has 4 rings (SSSR count). The molecule has 172 valence electrons. The Labute approximate surface area is 199 Å². The minimum absolute atomic E-state index is 0.0124. The van der Waals surface area contributed by atoms with Gasteiger partial charge in [-0.05, 0) is 61.4 Å². The van der Waals surface area contributed by atoms with E-state index in [-0.39, 0.29) is 23.5 Å². The van der Waals surface area contributed by atoms with Gasteiger partial charge in [0, 0.05) is 17.7 Å². The van der Waals surface area contributed by atoms with E-state index in [4.69, 9.17) is 4.74 Å². The zero-order chi connectivity index (χ0) is 23.4. The Hall–Kier alpha value is -2.97. The molecule has 3 aromatic carbocycles. The number of ether oxygens (including phenoxy) is 1. The van der Waals surface area contributed by atoms with Crippen molar-refractivity contribution in [2.45, 2.75) is 29.2 Å². The maximum atomic E-state index is 12.9. The molecule has 1 N–H and O–H groups in total. The normalized spacial score (nSPS) is 15.4. The molecule has 1 amide bonds. The summed E-state index contributed by atoms with van der Waals surface area (Å²) in [5, 5.41) is 3.05. The molecule has 0 unspecified atom stereocenters. The first kappa shape index (κ1) is 23.2. The Morgan fingerprint density at radius 1 is 1.06 bits per heavy atom. The van der Waals surface area contributed by atoms with Crippen LogP contribution in [0.5, 0.6) is 5.75 Å². The summed E-state index contributed by atoms with van der Waals surface area (Å²) in [7, 11) is -2.15.